The molecule has 3 rings (SSSR count). The minimum atomic E-state index is -4.33. The molecule has 1 aromatic carbocycles. The molecule has 0 saturated heterocycles. The number of pyridine rings is 1. The van der Waals surface area contributed by atoms with Gasteiger partial charge in [0.25, 0.3) is 10.0 Å². The van der Waals surface area contributed by atoms with Gasteiger partial charge in [-0.25, -0.2) is 31.9 Å². The molecule has 134 valence electrons. The number of aryl methyl sites for hydroxylation is 1. The van der Waals surface area contributed by atoms with E-state index in [0.717, 1.165) is 29.2 Å². The molecule has 0 fully saturated rings. The van der Waals surface area contributed by atoms with Crippen LogP contribution in [0.25, 0.3) is 5.82 Å². The Morgan fingerprint density at radius 3 is 2.65 bits per heavy atom. The molecule has 2 heterocycles. The fourth-order valence-electron chi connectivity index (χ4n) is 2.10. The van der Waals surface area contributed by atoms with Crippen molar-refractivity contribution in [3.8, 4) is 5.82 Å². The summed E-state index contributed by atoms with van der Waals surface area (Å²) in [5.41, 5.74) is 0.367. The first-order chi connectivity index (χ1) is 12.3. The zero-order valence-corrected chi connectivity index (χ0v) is 14.0. The molecule has 1 amide bonds. The summed E-state index contributed by atoms with van der Waals surface area (Å²) in [4.78, 5) is 19.1. The van der Waals surface area contributed by atoms with E-state index in [-0.39, 0.29) is 5.82 Å². The highest BCUT2D eigenvalue weighted by Gasteiger charge is 2.23. The van der Waals surface area contributed by atoms with Gasteiger partial charge in [0.2, 0.25) is 5.82 Å². The predicted octanol–water partition coefficient (Wildman–Crippen LogP) is 1.37. The van der Waals surface area contributed by atoms with Crippen molar-refractivity contribution in [2.24, 2.45) is 0 Å². The minimum absolute atomic E-state index is 0.206. The number of carbonyl (C=O) groups excluding carboxylic acids is 1. The quantitative estimate of drug-likeness (QED) is 0.734. The SMILES string of the molecule is Cc1cc(F)cc(S(=O)(=O)NC(=O)c2ncn(-c3ncccc3F)n2)c1. The van der Waals surface area contributed by atoms with Gasteiger partial charge in [-0.3, -0.25) is 4.79 Å². The zero-order chi connectivity index (χ0) is 18.9. The van der Waals surface area contributed by atoms with Crippen molar-refractivity contribution < 1.29 is 22.0 Å². The smallest absolute Gasteiger partial charge is 0.264 e. The number of amides is 1. The summed E-state index contributed by atoms with van der Waals surface area (Å²) < 4.78 is 54.1. The van der Waals surface area contributed by atoms with E-state index < -0.39 is 38.3 Å². The fourth-order valence-corrected chi connectivity index (χ4v) is 3.16. The molecule has 1 N–H and O–H groups in total. The van der Waals surface area contributed by atoms with Gasteiger partial charge in [0.1, 0.15) is 12.1 Å². The Balaban J connectivity index is 1.85. The summed E-state index contributed by atoms with van der Waals surface area (Å²) in [5.74, 6) is -3.34. The first-order valence-corrected chi connectivity index (χ1v) is 8.61. The Bertz CT molecular complexity index is 1080. The largest absolute Gasteiger partial charge is 0.304 e. The Morgan fingerprint density at radius 1 is 1.19 bits per heavy atom. The molecule has 0 aliphatic rings. The van der Waals surface area contributed by atoms with Crippen molar-refractivity contribution in [1.82, 2.24) is 24.5 Å². The van der Waals surface area contributed by atoms with Gasteiger partial charge in [-0.2, -0.15) is 4.68 Å². The van der Waals surface area contributed by atoms with Crippen LogP contribution in [0.15, 0.2) is 47.8 Å². The van der Waals surface area contributed by atoms with E-state index in [1.165, 1.54) is 25.3 Å². The second kappa shape index (κ2) is 6.59. The average Bonchev–Trinajstić information content (AvgIpc) is 3.04. The van der Waals surface area contributed by atoms with Gasteiger partial charge in [0, 0.05) is 6.20 Å². The summed E-state index contributed by atoms with van der Waals surface area (Å²) in [5, 5.41) is 3.71. The maximum atomic E-state index is 13.7. The Kier molecular flexibility index (Phi) is 4.47. The molecule has 0 saturated carbocycles. The third-order valence-corrected chi connectivity index (χ3v) is 4.51. The Labute approximate surface area is 146 Å². The van der Waals surface area contributed by atoms with Crippen molar-refractivity contribution in [2.45, 2.75) is 11.8 Å². The zero-order valence-electron chi connectivity index (χ0n) is 13.2. The molecule has 26 heavy (non-hydrogen) atoms. The monoisotopic (exact) mass is 379 g/mol. The number of nitrogens with one attached hydrogen (secondary N) is 1. The Hall–Kier alpha value is -3.21. The molecule has 11 heteroatoms. The van der Waals surface area contributed by atoms with Crippen LogP contribution in [0, 0.1) is 18.6 Å². The van der Waals surface area contributed by atoms with E-state index in [4.69, 9.17) is 0 Å². The highest BCUT2D eigenvalue weighted by atomic mass is 32.2. The second-order valence-electron chi connectivity index (χ2n) is 5.22. The molecule has 3 aromatic rings. The standard InChI is InChI=1S/C15H11F2N5O3S/c1-9-5-10(16)7-11(6-9)26(24,25)21-15(23)13-19-8-22(20-13)14-12(17)3-2-4-18-14/h2-8H,1H3,(H,21,23). The van der Waals surface area contributed by atoms with Crippen LogP contribution in [-0.2, 0) is 10.0 Å². The van der Waals surface area contributed by atoms with Crippen molar-refractivity contribution in [3.05, 3.63) is 65.9 Å². The number of aromatic nitrogens is 4. The van der Waals surface area contributed by atoms with Crippen molar-refractivity contribution >= 4 is 15.9 Å². The van der Waals surface area contributed by atoms with Crippen LogP contribution >= 0.6 is 0 Å². The number of rotatable bonds is 4. The second-order valence-corrected chi connectivity index (χ2v) is 6.90. The van der Waals surface area contributed by atoms with E-state index in [1.807, 2.05) is 0 Å². The lowest BCUT2D eigenvalue weighted by Crippen LogP contribution is -2.31. The summed E-state index contributed by atoms with van der Waals surface area (Å²) >= 11 is 0. The molecule has 0 spiro atoms. The summed E-state index contributed by atoms with van der Waals surface area (Å²) in [7, 11) is -4.33. The fraction of sp³-hybridized carbons (Fsp3) is 0.0667. The van der Waals surface area contributed by atoms with E-state index in [2.05, 4.69) is 15.1 Å². The van der Waals surface area contributed by atoms with Crippen molar-refractivity contribution in [3.63, 3.8) is 0 Å². The molecule has 0 aliphatic carbocycles. The topological polar surface area (TPSA) is 107 Å². The minimum Gasteiger partial charge on any atom is -0.264 e. The third kappa shape index (κ3) is 3.57. The van der Waals surface area contributed by atoms with Crippen molar-refractivity contribution in [1.29, 1.82) is 0 Å². The summed E-state index contributed by atoms with van der Waals surface area (Å²) in [6.45, 7) is 1.51. The maximum Gasteiger partial charge on any atom is 0.304 e. The number of benzene rings is 1. The van der Waals surface area contributed by atoms with E-state index >= 15 is 0 Å². The molecule has 0 unspecified atom stereocenters. The molecule has 0 atom stereocenters. The molecule has 2 aromatic heterocycles. The van der Waals surface area contributed by atoms with Crippen molar-refractivity contribution in [2.75, 3.05) is 0 Å². The average molecular weight is 379 g/mol. The third-order valence-electron chi connectivity index (χ3n) is 3.20. The summed E-state index contributed by atoms with van der Waals surface area (Å²) in [6.07, 6.45) is 2.33. The lowest BCUT2D eigenvalue weighted by atomic mass is 10.2. The van der Waals surface area contributed by atoms with E-state index in [0.29, 0.717) is 5.56 Å². The van der Waals surface area contributed by atoms with Gasteiger partial charge in [0.05, 0.1) is 4.90 Å². The lowest BCUT2D eigenvalue weighted by Gasteiger charge is -2.06. The van der Waals surface area contributed by atoms with Gasteiger partial charge >= 0.3 is 5.91 Å². The van der Waals surface area contributed by atoms with Gasteiger partial charge in [0.15, 0.2) is 11.6 Å². The number of nitrogens with zero attached hydrogens (tertiary/aromatic N) is 4. The molecular formula is C15H11F2N5O3S. The number of hydrogen-bond donors (Lipinski definition) is 1. The highest BCUT2D eigenvalue weighted by molar-refractivity contribution is 7.90. The first-order valence-electron chi connectivity index (χ1n) is 7.13. The van der Waals surface area contributed by atoms with Crippen LogP contribution in [0.1, 0.15) is 16.2 Å². The van der Waals surface area contributed by atoms with Crippen LogP contribution in [-0.4, -0.2) is 34.1 Å². The van der Waals surface area contributed by atoms with Crippen LogP contribution in [0.4, 0.5) is 8.78 Å². The number of hydrogen-bond acceptors (Lipinski definition) is 6. The van der Waals surface area contributed by atoms with Gasteiger partial charge in [-0.1, -0.05) is 0 Å². The normalized spacial score (nSPS) is 11.3. The predicted molar refractivity (Wildman–Crippen MR) is 84.9 cm³/mol. The van der Waals surface area contributed by atoms with Gasteiger partial charge in [-0.15, -0.1) is 5.10 Å². The molecular weight excluding hydrogens is 368 g/mol. The van der Waals surface area contributed by atoms with Crippen LogP contribution in [0.3, 0.4) is 0 Å². The Morgan fingerprint density at radius 2 is 1.96 bits per heavy atom. The lowest BCUT2D eigenvalue weighted by molar-refractivity contribution is 0.0971. The number of carbonyl (C=O) groups is 1. The van der Waals surface area contributed by atoms with Crippen LogP contribution in [0.5, 0.6) is 0 Å². The van der Waals surface area contributed by atoms with Gasteiger partial charge in [-0.05, 0) is 42.8 Å². The maximum absolute atomic E-state index is 13.7. The molecule has 0 bridgehead atoms. The van der Waals surface area contributed by atoms with Gasteiger partial charge < -0.3 is 0 Å². The van der Waals surface area contributed by atoms with Crippen LogP contribution in [0.2, 0.25) is 0 Å². The molecule has 0 radical (unpaired) electrons. The number of sulfonamides is 1. The van der Waals surface area contributed by atoms with E-state index in [9.17, 15) is 22.0 Å². The first kappa shape index (κ1) is 17.6. The highest BCUT2D eigenvalue weighted by Crippen LogP contribution is 2.14. The van der Waals surface area contributed by atoms with E-state index in [1.54, 1.807) is 4.72 Å². The summed E-state index contributed by atoms with van der Waals surface area (Å²) in [6, 6.07) is 5.63. The molecule has 0 aliphatic heterocycles. The number of halogens is 2. The molecule has 8 nitrogen and oxygen atoms in total. The van der Waals surface area contributed by atoms with Crippen LogP contribution < -0.4 is 4.72 Å².